The smallest absolute Gasteiger partial charge is 0.231 e. The largest absolute Gasteiger partial charge is 0.493 e. The van der Waals surface area contributed by atoms with Gasteiger partial charge in [-0.2, -0.15) is 5.26 Å². The first-order chi connectivity index (χ1) is 14.4. The third-order valence-electron chi connectivity index (χ3n) is 5.43. The van der Waals surface area contributed by atoms with Gasteiger partial charge in [-0.25, -0.2) is 4.39 Å². The fourth-order valence-electron chi connectivity index (χ4n) is 3.91. The van der Waals surface area contributed by atoms with Crippen molar-refractivity contribution in [3.63, 3.8) is 0 Å². The van der Waals surface area contributed by atoms with Crippen LogP contribution in [-0.2, 0) is 10.5 Å². The summed E-state index contributed by atoms with van der Waals surface area (Å²) < 4.78 is 24.0. The summed E-state index contributed by atoms with van der Waals surface area (Å²) >= 11 is 1.25. The van der Waals surface area contributed by atoms with Crippen molar-refractivity contribution in [2.24, 2.45) is 0 Å². The summed E-state index contributed by atoms with van der Waals surface area (Å²) in [5.41, 5.74) is -0.0656. The number of thioether (sulfide) groups is 1. The average Bonchev–Trinajstić information content (AvgIpc) is 3.12. The highest BCUT2D eigenvalue weighted by Gasteiger charge is 2.51. The number of hydrogen-bond donors (Lipinski definition) is 1. The zero-order chi connectivity index (χ0) is 21.5. The van der Waals surface area contributed by atoms with Crippen molar-refractivity contribution in [3.05, 3.63) is 70.0 Å². The van der Waals surface area contributed by atoms with Crippen LogP contribution in [0.15, 0.2) is 53.1 Å². The summed E-state index contributed by atoms with van der Waals surface area (Å²) in [6, 6.07) is 12.9. The van der Waals surface area contributed by atoms with E-state index in [1.54, 1.807) is 18.2 Å². The number of nitrogens with zero attached hydrogens (tertiary/aromatic N) is 2. The first-order valence-electron chi connectivity index (χ1n) is 9.23. The standard InChI is InChI=1S/C22H19FN2O4S/c1-28-18-8-3-13(9-19(18)29-2)16-10-20(26)25-21(17(16)11-24)30-12-22(25,27)14-4-6-15(23)7-5-14/h3-9,16,27H,10,12H2,1-2H3/t16-,22+/m0/s1. The van der Waals surface area contributed by atoms with E-state index in [0.717, 1.165) is 5.56 Å². The molecule has 8 heteroatoms. The quantitative estimate of drug-likeness (QED) is 0.806. The maximum atomic E-state index is 13.3. The minimum atomic E-state index is -1.63. The van der Waals surface area contributed by atoms with E-state index in [-0.39, 0.29) is 18.1 Å². The summed E-state index contributed by atoms with van der Waals surface area (Å²) in [5, 5.41) is 21.7. The number of allylic oxidation sites excluding steroid dienone is 1. The van der Waals surface area contributed by atoms with Crippen LogP contribution in [0.4, 0.5) is 4.39 Å². The number of rotatable bonds is 4. The van der Waals surface area contributed by atoms with Crippen LogP contribution >= 0.6 is 11.8 Å². The lowest BCUT2D eigenvalue weighted by atomic mass is 9.85. The van der Waals surface area contributed by atoms with Crippen LogP contribution in [0, 0.1) is 17.1 Å². The van der Waals surface area contributed by atoms with E-state index in [9.17, 15) is 19.6 Å². The highest BCUT2D eigenvalue weighted by Crippen LogP contribution is 2.52. The lowest BCUT2D eigenvalue weighted by molar-refractivity contribution is -0.149. The van der Waals surface area contributed by atoms with Crippen molar-refractivity contribution in [2.75, 3.05) is 20.0 Å². The molecular formula is C22H19FN2O4S. The predicted molar refractivity (Wildman–Crippen MR) is 109 cm³/mol. The summed E-state index contributed by atoms with van der Waals surface area (Å²) in [6.07, 6.45) is 0.0198. The lowest BCUT2D eigenvalue weighted by Crippen LogP contribution is -2.48. The highest BCUT2D eigenvalue weighted by atomic mass is 32.2. The minimum absolute atomic E-state index is 0.0198. The van der Waals surface area contributed by atoms with E-state index in [0.29, 0.717) is 27.7 Å². The first kappa shape index (κ1) is 20.3. The third-order valence-corrected chi connectivity index (χ3v) is 6.65. The van der Waals surface area contributed by atoms with Gasteiger partial charge in [0.25, 0.3) is 0 Å². The van der Waals surface area contributed by atoms with Gasteiger partial charge < -0.3 is 14.6 Å². The monoisotopic (exact) mass is 426 g/mol. The maximum absolute atomic E-state index is 13.3. The van der Waals surface area contributed by atoms with Gasteiger partial charge >= 0.3 is 0 Å². The number of benzene rings is 2. The van der Waals surface area contributed by atoms with Crippen molar-refractivity contribution < 1.29 is 23.8 Å². The zero-order valence-corrected chi connectivity index (χ0v) is 17.2. The molecule has 6 nitrogen and oxygen atoms in total. The van der Waals surface area contributed by atoms with Crippen LogP contribution in [0.1, 0.15) is 23.5 Å². The van der Waals surface area contributed by atoms with Gasteiger partial charge in [-0.15, -0.1) is 11.8 Å². The SMILES string of the molecule is COc1ccc([C@@H]2CC(=O)N3C(=C2C#N)SC[C@@]3(O)c2ccc(F)cc2)cc1OC. The van der Waals surface area contributed by atoms with Crippen molar-refractivity contribution in [1.29, 1.82) is 5.26 Å². The normalized spacial score (nSPS) is 23.2. The Morgan fingerprint density at radius 1 is 1.20 bits per heavy atom. The molecule has 4 rings (SSSR count). The Balaban J connectivity index is 1.78. The highest BCUT2D eigenvalue weighted by molar-refractivity contribution is 8.03. The number of hydrogen-bond acceptors (Lipinski definition) is 6. The Kier molecular flexibility index (Phi) is 5.18. The van der Waals surface area contributed by atoms with Gasteiger partial charge in [0.05, 0.1) is 36.6 Å². The molecule has 2 aliphatic rings. The minimum Gasteiger partial charge on any atom is -0.493 e. The van der Waals surface area contributed by atoms with Crippen molar-refractivity contribution in [3.8, 4) is 17.6 Å². The molecule has 1 fully saturated rings. The zero-order valence-electron chi connectivity index (χ0n) is 16.4. The van der Waals surface area contributed by atoms with E-state index < -0.39 is 17.5 Å². The molecule has 2 aromatic rings. The molecule has 0 bridgehead atoms. The molecule has 154 valence electrons. The van der Waals surface area contributed by atoms with Crippen molar-refractivity contribution >= 4 is 17.7 Å². The van der Waals surface area contributed by atoms with Crippen LogP contribution in [-0.4, -0.2) is 35.9 Å². The molecule has 2 heterocycles. The number of carbonyl (C=O) groups is 1. The van der Waals surface area contributed by atoms with Crippen LogP contribution in [0.2, 0.25) is 0 Å². The molecule has 0 aliphatic carbocycles. The molecule has 0 radical (unpaired) electrons. The second-order valence-corrected chi connectivity index (χ2v) is 8.01. The number of ether oxygens (including phenoxy) is 2. The van der Waals surface area contributed by atoms with E-state index in [1.807, 2.05) is 0 Å². The van der Waals surface area contributed by atoms with E-state index >= 15 is 0 Å². The molecule has 0 saturated carbocycles. The molecule has 1 amide bonds. The molecule has 0 unspecified atom stereocenters. The molecule has 2 aromatic carbocycles. The number of methoxy groups -OCH3 is 2. The fraction of sp³-hybridized carbons (Fsp3) is 0.273. The number of fused-ring (bicyclic) bond motifs is 1. The third kappa shape index (κ3) is 3.11. The Morgan fingerprint density at radius 2 is 1.90 bits per heavy atom. The number of nitriles is 1. The van der Waals surface area contributed by atoms with Gasteiger partial charge in [-0.3, -0.25) is 9.69 Å². The molecule has 0 aromatic heterocycles. The molecule has 1 saturated heterocycles. The van der Waals surface area contributed by atoms with E-state index in [2.05, 4.69) is 6.07 Å². The summed E-state index contributed by atoms with van der Waals surface area (Å²) in [4.78, 5) is 14.4. The summed E-state index contributed by atoms with van der Waals surface area (Å²) in [7, 11) is 3.06. The van der Waals surface area contributed by atoms with Crippen LogP contribution in [0.3, 0.4) is 0 Å². The molecule has 0 spiro atoms. The molecule has 2 atom stereocenters. The molecule has 2 aliphatic heterocycles. The van der Waals surface area contributed by atoms with E-state index in [1.165, 1.54) is 55.1 Å². The molecular weight excluding hydrogens is 407 g/mol. The number of carbonyl (C=O) groups excluding carboxylic acids is 1. The predicted octanol–water partition coefficient (Wildman–Crippen LogP) is 3.49. The van der Waals surface area contributed by atoms with Crippen LogP contribution in [0.5, 0.6) is 11.5 Å². The Bertz CT molecular complexity index is 1080. The number of amides is 1. The van der Waals surface area contributed by atoms with Gasteiger partial charge in [-0.05, 0) is 29.8 Å². The maximum Gasteiger partial charge on any atom is 0.231 e. The van der Waals surface area contributed by atoms with Gasteiger partial charge in [0.1, 0.15) is 5.82 Å². The van der Waals surface area contributed by atoms with Gasteiger partial charge in [0.2, 0.25) is 5.91 Å². The van der Waals surface area contributed by atoms with Crippen molar-refractivity contribution in [2.45, 2.75) is 18.1 Å². The van der Waals surface area contributed by atoms with Crippen LogP contribution < -0.4 is 9.47 Å². The van der Waals surface area contributed by atoms with Gasteiger partial charge in [-0.1, -0.05) is 18.2 Å². The fourth-order valence-corrected chi connectivity index (χ4v) is 5.27. The Labute approximate surface area is 177 Å². The average molecular weight is 426 g/mol. The van der Waals surface area contributed by atoms with Gasteiger partial charge in [0.15, 0.2) is 17.2 Å². The topological polar surface area (TPSA) is 82.8 Å². The number of halogens is 1. The second-order valence-electron chi connectivity index (χ2n) is 7.04. The Hall–Kier alpha value is -3.02. The van der Waals surface area contributed by atoms with Crippen LogP contribution in [0.25, 0.3) is 0 Å². The van der Waals surface area contributed by atoms with E-state index in [4.69, 9.17) is 9.47 Å². The summed E-state index contributed by atoms with van der Waals surface area (Å²) in [5.74, 6) is 0.0205. The molecule has 1 N–H and O–H groups in total. The van der Waals surface area contributed by atoms with Crippen molar-refractivity contribution in [1.82, 2.24) is 4.90 Å². The van der Waals surface area contributed by atoms with Gasteiger partial charge in [0, 0.05) is 17.9 Å². The number of aliphatic hydroxyl groups is 1. The first-order valence-corrected chi connectivity index (χ1v) is 10.2. The summed E-state index contributed by atoms with van der Waals surface area (Å²) in [6.45, 7) is 0. The second kappa shape index (κ2) is 7.67. The lowest BCUT2D eigenvalue weighted by Gasteiger charge is -2.38. The Morgan fingerprint density at radius 3 is 2.53 bits per heavy atom. The molecule has 30 heavy (non-hydrogen) atoms.